The molecule has 0 unspecified atom stereocenters. The van der Waals surface area contributed by atoms with Gasteiger partial charge in [-0.15, -0.1) is 11.3 Å². The van der Waals surface area contributed by atoms with Gasteiger partial charge in [-0.25, -0.2) is 9.38 Å². The number of carbonyl (C=O) groups is 1. The van der Waals surface area contributed by atoms with E-state index in [0.29, 0.717) is 25.5 Å². The maximum absolute atomic E-state index is 13.0. The van der Waals surface area contributed by atoms with E-state index in [1.54, 1.807) is 23.5 Å². The molecule has 7 heteroatoms. The van der Waals surface area contributed by atoms with E-state index in [9.17, 15) is 9.18 Å². The lowest BCUT2D eigenvalue weighted by molar-refractivity contribution is -0.131. The average Bonchev–Trinajstić information content (AvgIpc) is 3.15. The van der Waals surface area contributed by atoms with Crippen LogP contribution < -0.4 is 10.6 Å². The van der Waals surface area contributed by atoms with Crippen molar-refractivity contribution in [3.8, 4) is 0 Å². The molecule has 0 saturated heterocycles. The zero-order valence-electron chi connectivity index (χ0n) is 15.5. The topological polar surface area (TPSA) is 56.7 Å². The highest BCUT2D eigenvalue weighted by Gasteiger charge is 2.20. The predicted octanol–water partition coefficient (Wildman–Crippen LogP) is 2.92. The summed E-state index contributed by atoms with van der Waals surface area (Å²) in [6.07, 6.45) is 1.38. The van der Waals surface area contributed by atoms with Gasteiger partial charge in [0.1, 0.15) is 5.82 Å². The number of thiophene rings is 1. The molecule has 1 aliphatic rings. The Bertz CT molecular complexity index is 788. The van der Waals surface area contributed by atoms with Crippen molar-refractivity contribution in [2.75, 3.05) is 19.6 Å². The van der Waals surface area contributed by atoms with Crippen LogP contribution in [0.2, 0.25) is 0 Å². The number of nitrogens with one attached hydrogen (secondary N) is 2. The van der Waals surface area contributed by atoms with Gasteiger partial charge in [0.15, 0.2) is 5.96 Å². The molecule has 1 amide bonds. The van der Waals surface area contributed by atoms with Gasteiger partial charge in [-0.1, -0.05) is 12.1 Å². The lowest BCUT2D eigenvalue weighted by Gasteiger charge is -2.27. The van der Waals surface area contributed by atoms with Crippen molar-refractivity contribution in [1.82, 2.24) is 15.5 Å². The molecular formula is C20H25FN4OS. The SMILES string of the molecule is CCNC(=NCc1ccc(F)cc1)NCCC(=O)N1CCc2sccc2C1. The number of nitrogens with zero attached hydrogens (tertiary/aromatic N) is 2. The molecule has 0 aliphatic carbocycles. The quantitative estimate of drug-likeness (QED) is 0.591. The number of hydrogen-bond acceptors (Lipinski definition) is 3. The molecule has 144 valence electrons. The van der Waals surface area contributed by atoms with E-state index in [0.717, 1.165) is 31.6 Å². The number of carbonyl (C=O) groups excluding carboxylic acids is 1. The van der Waals surface area contributed by atoms with E-state index in [2.05, 4.69) is 27.1 Å². The first-order valence-electron chi connectivity index (χ1n) is 9.25. The Morgan fingerprint density at radius 1 is 1.26 bits per heavy atom. The molecule has 0 fully saturated rings. The van der Waals surface area contributed by atoms with Crippen LogP contribution in [0.3, 0.4) is 0 Å². The van der Waals surface area contributed by atoms with Crippen molar-refractivity contribution in [2.24, 2.45) is 4.99 Å². The molecule has 2 aromatic rings. The molecule has 3 rings (SSSR count). The normalized spacial score (nSPS) is 14.0. The summed E-state index contributed by atoms with van der Waals surface area (Å²) in [6, 6.07) is 8.42. The van der Waals surface area contributed by atoms with Crippen LogP contribution in [0, 0.1) is 5.82 Å². The zero-order chi connectivity index (χ0) is 19.1. The van der Waals surface area contributed by atoms with Crippen LogP contribution in [0.1, 0.15) is 29.3 Å². The van der Waals surface area contributed by atoms with E-state index in [1.165, 1.54) is 22.6 Å². The van der Waals surface area contributed by atoms with E-state index in [1.807, 2.05) is 11.8 Å². The number of rotatable bonds is 6. The lowest BCUT2D eigenvalue weighted by atomic mass is 10.1. The van der Waals surface area contributed by atoms with Gasteiger partial charge >= 0.3 is 0 Å². The third-order valence-corrected chi connectivity index (χ3v) is 5.49. The molecule has 0 spiro atoms. The number of hydrogen-bond donors (Lipinski definition) is 2. The van der Waals surface area contributed by atoms with Crippen LogP contribution in [0.15, 0.2) is 40.7 Å². The van der Waals surface area contributed by atoms with E-state index < -0.39 is 0 Å². The van der Waals surface area contributed by atoms with Gasteiger partial charge in [0, 0.05) is 37.5 Å². The number of aliphatic imine (C=N–C) groups is 1. The summed E-state index contributed by atoms with van der Waals surface area (Å²) in [6.45, 7) is 5.22. The molecule has 0 radical (unpaired) electrons. The van der Waals surface area contributed by atoms with Crippen LogP contribution in [-0.2, 0) is 24.3 Å². The summed E-state index contributed by atoms with van der Waals surface area (Å²) in [4.78, 5) is 20.3. The summed E-state index contributed by atoms with van der Waals surface area (Å²) >= 11 is 1.78. The van der Waals surface area contributed by atoms with E-state index in [4.69, 9.17) is 0 Å². The van der Waals surface area contributed by atoms with Gasteiger partial charge in [-0.3, -0.25) is 4.79 Å². The summed E-state index contributed by atoms with van der Waals surface area (Å²) in [5.74, 6) is 0.570. The molecule has 0 bridgehead atoms. The Hall–Kier alpha value is -2.41. The summed E-state index contributed by atoms with van der Waals surface area (Å²) in [5, 5.41) is 8.47. The van der Waals surface area contributed by atoms with Crippen molar-refractivity contribution in [1.29, 1.82) is 0 Å². The summed E-state index contributed by atoms with van der Waals surface area (Å²) in [5.41, 5.74) is 2.21. The molecule has 27 heavy (non-hydrogen) atoms. The van der Waals surface area contributed by atoms with E-state index in [-0.39, 0.29) is 11.7 Å². The number of halogens is 1. The fraction of sp³-hybridized carbons (Fsp3) is 0.400. The van der Waals surface area contributed by atoms with Gasteiger partial charge in [0.05, 0.1) is 6.54 Å². The Morgan fingerprint density at radius 2 is 2.07 bits per heavy atom. The van der Waals surface area contributed by atoms with Gasteiger partial charge in [-0.05, 0) is 48.1 Å². The van der Waals surface area contributed by atoms with Crippen LogP contribution in [0.4, 0.5) is 4.39 Å². The van der Waals surface area contributed by atoms with Crippen LogP contribution >= 0.6 is 11.3 Å². The molecule has 2 heterocycles. The largest absolute Gasteiger partial charge is 0.357 e. The minimum absolute atomic E-state index is 0.161. The van der Waals surface area contributed by atoms with Gasteiger partial charge in [-0.2, -0.15) is 0 Å². The molecule has 2 N–H and O–H groups in total. The average molecular weight is 389 g/mol. The molecule has 1 aromatic carbocycles. The second-order valence-electron chi connectivity index (χ2n) is 6.43. The first kappa shape index (κ1) is 19.4. The second kappa shape index (κ2) is 9.50. The summed E-state index contributed by atoms with van der Waals surface area (Å²) in [7, 11) is 0. The highest BCUT2D eigenvalue weighted by atomic mass is 32.1. The van der Waals surface area contributed by atoms with Crippen molar-refractivity contribution in [3.63, 3.8) is 0 Å². The maximum Gasteiger partial charge on any atom is 0.224 e. The van der Waals surface area contributed by atoms with Crippen LogP contribution in [0.25, 0.3) is 0 Å². The monoisotopic (exact) mass is 388 g/mol. The number of fused-ring (bicyclic) bond motifs is 1. The van der Waals surface area contributed by atoms with Crippen molar-refractivity contribution in [3.05, 3.63) is 57.5 Å². The number of guanidine groups is 1. The minimum atomic E-state index is -0.251. The third kappa shape index (κ3) is 5.53. The highest BCUT2D eigenvalue weighted by Crippen LogP contribution is 2.24. The first-order chi connectivity index (χ1) is 13.2. The Labute approximate surface area is 163 Å². The third-order valence-electron chi connectivity index (χ3n) is 4.47. The van der Waals surface area contributed by atoms with Crippen LogP contribution in [0.5, 0.6) is 0 Å². The fourth-order valence-electron chi connectivity index (χ4n) is 3.01. The van der Waals surface area contributed by atoms with Crippen LogP contribution in [-0.4, -0.2) is 36.4 Å². The Kier molecular flexibility index (Phi) is 6.81. The van der Waals surface area contributed by atoms with Gasteiger partial charge < -0.3 is 15.5 Å². The maximum atomic E-state index is 13.0. The molecule has 1 aromatic heterocycles. The Balaban J connectivity index is 1.47. The first-order valence-corrected chi connectivity index (χ1v) is 10.1. The molecular weight excluding hydrogens is 363 g/mol. The lowest BCUT2D eigenvalue weighted by Crippen LogP contribution is -2.41. The number of amides is 1. The van der Waals surface area contributed by atoms with Crippen molar-refractivity contribution in [2.45, 2.75) is 32.9 Å². The van der Waals surface area contributed by atoms with Gasteiger partial charge in [0.25, 0.3) is 0 Å². The summed E-state index contributed by atoms with van der Waals surface area (Å²) < 4.78 is 13.0. The second-order valence-corrected chi connectivity index (χ2v) is 7.43. The highest BCUT2D eigenvalue weighted by molar-refractivity contribution is 7.10. The van der Waals surface area contributed by atoms with Gasteiger partial charge in [0.2, 0.25) is 5.91 Å². The minimum Gasteiger partial charge on any atom is -0.357 e. The molecule has 5 nitrogen and oxygen atoms in total. The molecule has 1 aliphatic heterocycles. The van der Waals surface area contributed by atoms with E-state index >= 15 is 0 Å². The number of benzene rings is 1. The van der Waals surface area contributed by atoms with Crippen molar-refractivity contribution >= 4 is 23.2 Å². The molecule has 0 atom stereocenters. The molecule has 0 saturated carbocycles. The Morgan fingerprint density at radius 3 is 2.85 bits per heavy atom. The predicted molar refractivity (Wildman–Crippen MR) is 107 cm³/mol. The standard InChI is InChI=1S/C20H25FN4OS/c1-2-22-20(24-13-15-3-5-17(21)6-4-15)23-10-7-19(26)25-11-8-18-16(14-25)9-12-27-18/h3-6,9,12H,2,7-8,10-11,13-14H2,1H3,(H2,22,23,24). The smallest absolute Gasteiger partial charge is 0.224 e. The fourth-order valence-corrected chi connectivity index (χ4v) is 3.90. The van der Waals surface area contributed by atoms with Crippen molar-refractivity contribution < 1.29 is 9.18 Å². The zero-order valence-corrected chi connectivity index (χ0v) is 16.3.